The molecule has 2 aromatic rings. The molecule has 0 spiro atoms. The van der Waals surface area contributed by atoms with E-state index in [9.17, 15) is 18.0 Å². The van der Waals surface area contributed by atoms with Gasteiger partial charge < -0.3 is 10.2 Å². The van der Waals surface area contributed by atoms with E-state index in [-0.39, 0.29) is 29.5 Å². The molecule has 1 unspecified atom stereocenters. The molecule has 0 aliphatic rings. The van der Waals surface area contributed by atoms with Gasteiger partial charge in [0.2, 0.25) is 5.95 Å². The van der Waals surface area contributed by atoms with Crippen LogP contribution in [0.3, 0.4) is 0 Å². The molecule has 156 valence electrons. The average molecular weight is 417 g/mol. The summed E-state index contributed by atoms with van der Waals surface area (Å²) in [7, 11) is 0. The summed E-state index contributed by atoms with van der Waals surface area (Å²) in [5, 5.41) is 19.1. The summed E-state index contributed by atoms with van der Waals surface area (Å²) in [6.45, 7) is 3.37. The second-order valence-electron chi connectivity index (χ2n) is 6.02. The van der Waals surface area contributed by atoms with Crippen LogP contribution in [0, 0.1) is 16.7 Å². The number of benzene rings is 1. The summed E-state index contributed by atoms with van der Waals surface area (Å²) in [4.78, 5) is 26.1. The third-order valence-electron chi connectivity index (χ3n) is 4.11. The van der Waals surface area contributed by atoms with Crippen molar-refractivity contribution in [1.29, 1.82) is 10.7 Å². The molecule has 0 bridgehead atoms. The maximum Gasteiger partial charge on any atom is 0.416 e. The minimum atomic E-state index is -4.70. The number of amides is 1. The van der Waals surface area contributed by atoms with Crippen LogP contribution in [0.25, 0.3) is 0 Å². The van der Waals surface area contributed by atoms with Crippen LogP contribution in [0.1, 0.15) is 35.3 Å². The summed E-state index contributed by atoms with van der Waals surface area (Å²) in [5.74, 6) is -0.390. The minimum absolute atomic E-state index is 0.131. The molecule has 1 amide bonds. The van der Waals surface area contributed by atoms with E-state index in [0.717, 1.165) is 12.4 Å². The number of carbonyl (C=O) groups is 1. The van der Waals surface area contributed by atoms with Crippen molar-refractivity contribution in [3.8, 4) is 6.07 Å². The Morgan fingerprint density at radius 3 is 2.57 bits per heavy atom. The van der Waals surface area contributed by atoms with Crippen LogP contribution in [0.2, 0.25) is 0 Å². The Morgan fingerprint density at radius 2 is 2.03 bits per heavy atom. The summed E-state index contributed by atoms with van der Waals surface area (Å²) in [6, 6.07) is 4.99. The monoisotopic (exact) mass is 417 g/mol. The fraction of sp³-hybridized carbons (Fsp3) is 0.263. The lowest BCUT2D eigenvalue weighted by Crippen LogP contribution is -2.46. The van der Waals surface area contributed by atoms with Gasteiger partial charge in [-0.15, -0.1) is 0 Å². The molecule has 8 nitrogen and oxygen atoms in total. The molecule has 1 aromatic heterocycles. The lowest BCUT2D eigenvalue weighted by Gasteiger charge is -2.29. The number of carbonyl (C=O) groups excluding carboxylic acids is 1. The summed E-state index contributed by atoms with van der Waals surface area (Å²) in [5.41, 5.74) is -1.64. The number of alkyl halides is 3. The first-order valence-electron chi connectivity index (χ1n) is 8.75. The largest absolute Gasteiger partial charge is 0.416 e. The SMILES string of the molecule is CCN(C(=O)c1cc(C#N)cc(C(F)(F)F)c1)C(C)/C(=N/C=N)Nc1ncccn1. The van der Waals surface area contributed by atoms with E-state index in [1.807, 2.05) is 0 Å². The number of nitrogens with one attached hydrogen (secondary N) is 2. The second-order valence-corrected chi connectivity index (χ2v) is 6.02. The molecular formula is C19H18F3N7O. The van der Waals surface area contributed by atoms with Crippen molar-refractivity contribution in [2.24, 2.45) is 4.99 Å². The van der Waals surface area contributed by atoms with Crippen molar-refractivity contribution < 1.29 is 18.0 Å². The highest BCUT2D eigenvalue weighted by Crippen LogP contribution is 2.31. The van der Waals surface area contributed by atoms with E-state index in [1.54, 1.807) is 26.0 Å². The quantitative estimate of drug-likeness (QED) is 0.552. The van der Waals surface area contributed by atoms with E-state index in [4.69, 9.17) is 10.7 Å². The molecule has 0 saturated carbocycles. The molecule has 0 saturated heterocycles. The van der Waals surface area contributed by atoms with Crippen LogP contribution in [-0.2, 0) is 6.18 Å². The molecule has 0 fully saturated rings. The molecule has 30 heavy (non-hydrogen) atoms. The number of hydrogen-bond donors (Lipinski definition) is 2. The highest BCUT2D eigenvalue weighted by atomic mass is 19.4. The Kier molecular flexibility index (Phi) is 7.19. The van der Waals surface area contributed by atoms with Crippen molar-refractivity contribution in [3.63, 3.8) is 0 Å². The van der Waals surface area contributed by atoms with Crippen molar-refractivity contribution in [2.75, 3.05) is 11.9 Å². The average Bonchev–Trinajstić information content (AvgIpc) is 2.73. The second kappa shape index (κ2) is 9.60. The highest BCUT2D eigenvalue weighted by Gasteiger charge is 2.33. The Bertz CT molecular complexity index is 984. The molecule has 0 aliphatic heterocycles. The number of aromatic nitrogens is 2. The van der Waals surface area contributed by atoms with E-state index < -0.39 is 23.7 Å². The molecule has 0 aliphatic carbocycles. The maximum atomic E-state index is 13.2. The minimum Gasteiger partial charge on any atom is -0.329 e. The van der Waals surface area contributed by atoms with Crippen LogP contribution >= 0.6 is 0 Å². The highest BCUT2D eigenvalue weighted by molar-refractivity contribution is 6.05. The topological polar surface area (TPSA) is 118 Å². The molecule has 11 heteroatoms. The zero-order valence-electron chi connectivity index (χ0n) is 16.1. The van der Waals surface area contributed by atoms with Crippen LogP contribution in [0.15, 0.2) is 41.7 Å². The van der Waals surface area contributed by atoms with Gasteiger partial charge in [0, 0.05) is 24.5 Å². The van der Waals surface area contributed by atoms with Crippen molar-refractivity contribution in [1.82, 2.24) is 14.9 Å². The van der Waals surface area contributed by atoms with E-state index in [2.05, 4.69) is 20.3 Å². The van der Waals surface area contributed by atoms with Crippen molar-refractivity contribution >= 4 is 24.0 Å². The van der Waals surface area contributed by atoms with Gasteiger partial charge in [-0.3, -0.25) is 10.2 Å². The molecule has 2 rings (SSSR count). The summed E-state index contributed by atoms with van der Waals surface area (Å²) in [6.07, 6.45) is -0.977. The fourth-order valence-corrected chi connectivity index (χ4v) is 2.68. The van der Waals surface area contributed by atoms with Crippen LogP contribution in [0.5, 0.6) is 0 Å². The lowest BCUT2D eigenvalue weighted by atomic mass is 10.0. The van der Waals surface area contributed by atoms with Crippen LogP contribution in [0.4, 0.5) is 19.1 Å². The molecule has 1 atom stereocenters. The standard InChI is InChI=1S/C19H18F3N7O/c1-3-29(12(2)16(27-11-24)28-18-25-5-4-6-26-18)17(30)14-7-13(10-23)8-15(9-14)19(20,21)22/h4-9,11-12H,3H2,1-2H3,(H2,24,25,26,27,28). The fourth-order valence-electron chi connectivity index (χ4n) is 2.68. The molecule has 2 N–H and O–H groups in total. The van der Waals surface area contributed by atoms with Gasteiger partial charge in [-0.1, -0.05) is 0 Å². The van der Waals surface area contributed by atoms with E-state index >= 15 is 0 Å². The van der Waals surface area contributed by atoms with Gasteiger partial charge in [0.15, 0.2) is 0 Å². The van der Waals surface area contributed by atoms with Crippen molar-refractivity contribution in [2.45, 2.75) is 26.1 Å². The van der Waals surface area contributed by atoms with Gasteiger partial charge >= 0.3 is 6.18 Å². The van der Waals surface area contributed by atoms with Gasteiger partial charge in [0.05, 0.1) is 23.2 Å². The Hall–Kier alpha value is -3.81. The number of nitriles is 1. The predicted octanol–water partition coefficient (Wildman–Crippen LogP) is 3.34. The zero-order chi connectivity index (χ0) is 22.3. The molecular weight excluding hydrogens is 399 g/mol. The smallest absolute Gasteiger partial charge is 0.329 e. The van der Waals surface area contributed by atoms with Gasteiger partial charge in [-0.05, 0) is 38.1 Å². The summed E-state index contributed by atoms with van der Waals surface area (Å²) >= 11 is 0. The van der Waals surface area contributed by atoms with E-state index in [1.165, 1.54) is 17.3 Å². The molecule has 0 radical (unpaired) electrons. The first-order valence-corrected chi connectivity index (χ1v) is 8.75. The first kappa shape index (κ1) is 22.5. The number of hydrogen-bond acceptors (Lipinski definition) is 5. The molecule has 1 aromatic carbocycles. The number of rotatable bonds is 6. The third kappa shape index (κ3) is 5.38. The first-order chi connectivity index (χ1) is 14.2. The predicted molar refractivity (Wildman–Crippen MR) is 104 cm³/mol. The number of nitrogens with zero attached hydrogens (tertiary/aromatic N) is 5. The van der Waals surface area contributed by atoms with Crippen LogP contribution < -0.4 is 5.32 Å². The van der Waals surface area contributed by atoms with Gasteiger partial charge in [-0.2, -0.15) is 18.4 Å². The maximum absolute atomic E-state index is 13.2. The Morgan fingerprint density at radius 1 is 1.37 bits per heavy atom. The van der Waals surface area contributed by atoms with Gasteiger partial charge in [0.1, 0.15) is 12.2 Å². The lowest BCUT2D eigenvalue weighted by molar-refractivity contribution is -0.137. The third-order valence-corrected chi connectivity index (χ3v) is 4.11. The normalized spacial score (nSPS) is 12.6. The Balaban J connectivity index is 2.40. The zero-order valence-corrected chi connectivity index (χ0v) is 16.1. The van der Waals surface area contributed by atoms with E-state index in [0.29, 0.717) is 12.1 Å². The summed E-state index contributed by atoms with van der Waals surface area (Å²) < 4.78 is 39.5. The number of aliphatic imine (C=N–C) groups is 1. The number of amidine groups is 1. The molecule has 1 heterocycles. The van der Waals surface area contributed by atoms with Crippen LogP contribution in [-0.4, -0.2) is 45.5 Å². The number of likely N-dealkylation sites (N-methyl/N-ethyl adjacent to an activating group) is 1. The number of anilines is 1. The van der Waals surface area contributed by atoms with Crippen molar-refractivity contribution in [3.05, 3.63) is 53.3 Å². The van der Waals surface area contributed by atoms with Gasteiger partial charge in [-0.25, -0.2) is 15.0 Å². The van der Waals surface area contributed by atoms with Gasteiger partial charge in [0.25, 0.3) is 5.91 Å². The number of halogens is 3. The Labute approximate surface area is 170 Å².